The smallest absolute Gasteiger partial charge is 0.315 e. The van der Waals surface area contributed by atoms with Gasteiger partial charge in [0.15, 0.2) is 0 Å². The number of carbonyl (C=O) groups excluding carboxylic acids is 1. The maximum atomic E-state index is 11.7. The molecule has 0 bridgehead atoms. The molecule has 0 saturated heterocycles. The Bertz CT molecular complexity index is 914. The Labute approximate surface area is 202 Å². The number of fused-ring (bicyclic) bond motifs is 1. The van der Waals surface area contributed by atoms with Gasteiger partial charge in [-0.25, -0.2) is 4.79 Å². The Morgan fingerprint density at radius 1 is 1.22 bits per heavy atom. The van der Waals surface area contributed by atoms with Crippen LogP contribution in [0.25, 0.3) is 0 Å². The van der Waals surface area contributed by atoms with Crippen molar-refractivity contribution in [2.45, 2.75) is 57.0 Å². The maximum absolute atomic E-state index is 11.7. The summed E-state index contributed by atoms with van der Waals surface area (Å²) in [7, 11) is 0. The Kier molecular flexibility index (Phi) is 8.32. The van der Waals surface area contributed by atoms with Crippen LogP contribution in [0.5, 0.6) is 5.75 Å². The van der Waals surface area contributed by atoms with Gasteiger partial charge in [0, 0.05) is 22.5 Å². The van der Waals surface area contributed by atoms with Crippen molar-refractivity contribution in [3.8, 4) is 5.75 Å². The van der Waals surface area contributed by atoms with Gasteiger partial charge in [0.1, 0.15) is 12.4 Å². The molecule has 2 aromatic rings. The summed E-state index contributed by atoms with van der Waals surface area (Å²) in [5.74, 6) is 0.851. The number of rotatable bonds is 7. The van der Waals surface area contributed by atoms with Crippen molar-refractivity contribution in [1.82, 2.24) is 16.0 Å². The monoisotopic (exact) mass is 477 g/mol. The first-order chi connectivity index (χ1) is 15.0. The van der Waals surface area contributed by atoms with Crippen LogP contribution in [0.3, 0.4) is 0 Å². The number of amides is 2. The van der Waals surface area contributed by atoms with E-state index in [1.165, 1.54) is 36.0 Å². The van der Waals surface area contributed by atoms with Gasteiger partial charge in [0.05, 0.1) is 6.54 Å². The molecule has 1 unspecified atom stereocenters. The van der Waals surface area contributed by atoms with Crippen LogP contribution in [0.4, 0.5) is 4.79 Å². The van der Waals surface area contributed by atoms with Crippen molar-refractivity contribution in [3.63, 3.8) is 0 Å². The molecular weight excluding hydrogens is 445 g/mol. The van der Waals surface area contributed by atoms with Crippen molar-refractivity contribution < 1.29 is 9.53 Å². The standard InChI is InChI=1S/C25H32ClN3O2.ClH/c1-17(2)29-24(30)28-14-15-31-21-9-4-18-10-13-27-23(22(18)16-21)25(11-3-12-25)19-5-7-20(26)8-6-19;/h4-9,16-17,23,27H,3,10-15H2,1-2H3,(H2,28,29,30);1H. The van der Waals surface area contributed by atoms with Gasteiger partial charge in [-0.05, 0) is 80.6 Å². The molecule has 32 heavy (non-hydrogen) atoms. The van der Waals surface area contributed by atoms with Crippen LogP contribution in [0.15, 0.2) is 42.5 Å². The van der Waals surface area contributed by atoms with Gasteiger partial charge in [0.25, 0.3) is 0 Å². The minimum absolute atomic E-state index is 0. The molecular formula is C25H33Cl2N3O2. The third-order valence-electron chi connectivity index (χ3n) is 6.46. The van der Waals surface area contributed by atoms with Gasteiger partial charge in [0.2, 0.25) is 0 Å². The second-order valence-corrected chi connectivity index (χ2v) is 9.35. The number of hydrogen-bond acceptors (Lipinski definition) is 3. The van der Waals surface area contributed by atoms with Gasteiger partial charge >= 0.3 is 6.03 Å². The molecule has 0 aromatic heterocycles. The molecule has 2 aromatic carbocycles. The van der Waals surface area contributed by atoms with E-state index in [2.05, 4.69) is 40.2 Å². The lowest BCUT2D eigenvalue weighted by Gasteiger charge is -2.50. The minimum atomic E-state index is -0.164. The highest BCUT2D eigenvalue weighted by Gasteiger charge is 2.47. The molecule has 1 fully saturated rings. The first kappa shape index (κ1) is 24.7. The van der Waals surface area contributed by atoms with Crippen molar-refractivity contribution in [2.24, 2.45) is 0 Å². The molecule has 7 heteroatoms. The quantitative estimate of drug-likeness (QED) is 0.482. The number of hydrogen-bond donors (Lipinski definition) is 3. The van der Waals surface area contributed by atoms with E-state index in [4.69, 9.17) is 16.3 Å². The molecule has 5 nitrogen and oxygen atoms in total. The highest BCUT2D eigenvalue weighted by atomic mass is 35.5. The van der Waals surface area contributed by atoms with Gasteiger partial charge in [-0.3, -0.25) is 0 Å². The maximum Gasteiger partial charge on any atom is 0.315 e. The normalized spacial score (nSPS) is 18.7. The molecule has 3 N–H and O–H groups in total. The topological polar surface area (TPSA) is 62.4 Å². The SMILES string of the molecule is CC(C)NC(=O)NCCOc1ccc2c(c1)C(C1(c3ccc(Cl)cc3)CCC1)NCC2.Cl. The first-order valence-electron chi connectivity index (χ1n) is 11.3. The summed E-state index contributed by atoms with van der Waals surface area (Å²) >= 11 is 6.15. The largest absolute Gasteiger partial charge is 0.492 e. The molecule has 0 spiro atoms. The Hall–Kier alpha value is -1.95. The van der Waals surface area contributed by atoms with Crippen LogP contribution in [-0.2, 0) is 11.8 Å². The van der Waals surface area contributed by atoms with E-state index < -0.39 is 0 Å². The summed E-state index contributed by atoms with van der Waals surface area (Å²) < 4.78 is 5.97. The molecule has 0 radical (unpaired) electrons. The second kappa shape index (κ2) is 10.8. The molecule has 1 aliphatic carbocycles. The Morgan fingerprint density at radius 3 is 2.62 bits per heavy atom. The van der Waals surface area contributed by atoms with Crippen molar-refractivity contribution in [2.75, 3.05) is 19.7 Å². The van der Waals surface area contributed by atoms with E-state index in [9.17, 15) is 4.79 Å². The lowest BCUT2D eigenvalue weighted by atomic mass is 9.58. The van der Waals surface area contributed by atoms with Gasteiger partial charge in [-0.15, -0.1) is 12.4 Å². The number of urea groups is 1. The first-order valence-corrected chi connectivity index (χ1v) is 11.7. The Morgan fingerprint density at radius 2 is 1.97 bits per heavy atom. The summed E-state index contributed by atoms with van der Waals surface area (Å²) in [6.45, 7) is 5.76. The lowest BCUT2D eigenvalue weighted by Crippen LogP contribution is -2.49. The summed E-state index contributed by atoms with van der Waals surface area (Å²) in [4.78, 5) is 11.7. The van der Waals surface area contributed by atoms with Crippen LogP contribution >= 0.6 is 24.0 Å². The Balaban J connectivity index is 0.00000289. The van der Waals surface area contributed by atoms with Crippen LogP contribution < -0.4 is 20.7 Å². The molecule has 1 atom stereocenters. The average molecular weight is 478 g/mol. The molecule has 2 aliphatic rings. The van der Waals surface area contributed by atoms with Gasteiger partial charge in [-0.1, -0.05) is 36.2 Å². The molecule has 174 valence electrons. The average Bonchev–Trinajstić information content (AvgIpc) is 2.71. The summed E-state index contributed by atoms with van der Waals surface area (Å²) in [6.07, 6.45) is 4.62. The zero-order valence-electron chi connectivity index (χ0n) is 18.7. The fraction of sp³-hybridized carbons (Fsp3) is 0.480. The number of benzene rings is 2. The highest BCUT2D eigenvalue weighted by Crippen LogP contribution is 2.53. The molecule has 2 amide bonds. The second-order valence-electron chi connectivity index (χ2n) is 8.92. The van der Waals surface area contributed by atoms with Gasteiger partial charge in [-0.2, -0.15) is 0 Å². The fourth-order valence-corrected chi connectivity index (χ4v) is 4.97. The fourth-order valence-electron chi connectivity index (χ4n) is 4.84. The van der Waals surface area contributed by atoms with Crippen molar-refractivity contribution >= 4 is 30.0 Å². The van der Waals surface area contributed by atoms with E-state index in [1.54, 1.807) is 0 Å². The van der Waals surface area contributed by atoms with E-state index in [0.29, 0.717) is 13.2 Å². The number of ether oxygens (including phenoxy) is 1. The van der Waals surface area contributed by atoms with E-state index in [-0.39, 0.29) is 35.9 Å². The lowest BCUT2D eigenvalue weighted by molar-refractivity contribution is 0.164. The van der Waals surface area contributed by atoms with Gasteiger partial charge < -0.3 is 20.7 Å². The van der Waals surface area contributed by atoms with Crippen molar-refractivity contribution in [3.05, 3.63) is 64.2 Å². The van der Waals surface area contributed by atoms with Crippen LogP contribution in [0, 0.1) is 0 Å². The summed E-state index contributed by atoms with van der Waals surface area (Å²) in [5, 5.41) is 10.2. The zero-order valence-corrected chi connectivity index (χ0v) is 20.3. The zero-order chi connectivity index (χ0) is 21.8. The van der Waals surface area contributed by atoms with E-state index in [1.807, 2.05) is 32.0 Å². The summed E-state index contributed by atoms with van der Waals surface area (Å²) in [6, 6.07) is 15.0. The molecule has 4 rings (SSSR count). The highest BCUT2D eigenvalue weighted by molar-refractivity contribution is 6.30. The predicted molar refractivity (Wildman–Crippen MR) is 132 cm³/mol. The van der Waals surface area contributed by atoms with Crippen LogP contribution in [0.1, 0.15) is 55.8 Å². The van der Waals surface area contributed by atoms with Crippen molar-refractivity contribution in [1.29, 1.82) is 0 Å². The molecule has 1 saturated carbocycles. The number of nitrogens with one attached hydrogen (secondary N) is 3. The predicted octanol–water partition coefficient (Wildman–Crippen LogP) is 5.16. The summed E-state index contributed by atoms with van der Waals surface area (Å²) in [5.41, 5.74) is 4.20. The van der Waals surface area contributed by atoms with E-state index in [0.717, 1.165) is 23.7 Å². The third-order valence-corrected chi connectivity index (χ3v) is 6.72. The molecule has 1 aliphatic heterocycles. The molecule has 1 heterocycles. The third kappa shape index (κ3) is 5.33. The number of carbonyl (C=O) groups is 1. The number of halogens is 2. The van der Waals surface area contributed by atoms with E-state index >= 15 is 0 Å². The van der Waals surface area contributed by atoms with Crippen LogP contribution in [-0.4, -0.2) is 31.8 Å². The minimum Gasteiger partial charge on any atom is -0.492 e. The van der Waals surface area contributed by atoms with Crippen LogP contribution in [0.2, 0.25) is 5.02 Å².